The van der Waals surface area contributed by atoms with Crippen LogP contribution in [0.1, 0.15) is 30.4 Å². The van der Waals surface area contributed by atoms with E-state index in [-0.39, 0.29) is 12.2 Å². The van der Waals surface area contributed by atoms with Crippen LogP contribution in [-0.4, -0.2) is 43.7 Å². The molecule has 0 bridgehead atoms. The van der Waals surface area contributed by atoms with Gasteiger partial charge in [-0.3, -0.25) is 4.79 Å². The van der Waals surface area contributed by atoms with Gasteiger partial charge in [-0.05, 0) is 80.7 Å². The SMILES string of the molecule is NC(=O)Cc1cccc(F)c1.c1cc2c(cc1CCCN1CCCC1)OCCO2. The zero-order valence-corrected chi connectivity index (χ0v) is 16.7. The second kappa shape index (κ2) is 10.8. The minimum Gasteiger partial charge on any atom is -0.486 e. The van der Waals surface area contributed by atoms with Crippen molar-refractivity contribution >= 4 is 5.91 Å². The van der Waals surface area contributed by atoms with Crippen LogP contribution >= 0.6 is 0 Å². The zero-order valence-electron chi connectivity index (χ0n) is 16.7. The fourth-order valence-corrected chi connectivity index (χ4v) is 3.60. The van der Waals surface area contributed by atoms with Gasteiger partial charge in [0.2, 0.25) is 5.91 Å². The molecule has 1 saturated heterocycles. The fourth-order valence-electron chi connectivity index (χ4n) is 3.60. The van der Waals surface area contributed by atoms with Crippen molar-refractivity contribution < 1.29 is 18.7 Å². The molecule has 2 aromatic carbocycles. The number of nitrogens with zero attached hydrogens (tertiary/aromatic N) is 1. The number of amides is 1. The van der Waals surface area contributed by atoms with E-state index in [0.717, 1.165) is 17.9 Å². The number of rotatable bonds is 6. The Morgan fingerprint density at radius 1 is 1.00 bits per heavy atom. The van der Waals surface area contributed by atoms with Crippen LogP contribution in [0.15, 0.2) is 42.5 Å². The molecule has 29 heavy (non-hydrogen) atoms. The average molecular weight is 400 g/mol. The minimum atomic E-state index is -0.449. The number of carbonyl (C=O) groups excluding carboxylic acids is 1. The number of hydrogen-bond acceptors (Lipinski definition) is 4. The number of nitrogens with two attached hydrogens (primary N) is 1. The van der Waals surface area contributed by atoms with E-state index in [1.54, 1.807) is 12.1 Å². The molecule has 0 aliphatic carbocycles. The van der Waals surface area contributed by atoms with Crippen LogP contribution in [0.2, 0.25) is 0 Å². The molecule has 2 aliphatic heterocycles. The molecule has 1 fully saturated rings. The number of primary amides is 1. The van der Waals surface area contributed by atoms with E-state index >= 15 is 0 Å². The second-order valence-electron chi connectivity index (χ2n) is 7.40. The first kappa shape index (κ1) is 21.1. The largest absolute Gasteiger partial charge is 0.486 e. The highest BCUT2D eigenvalue weighted by atomic mass is 19.1. The highest BCUT2D eigenvalue weighted by molar-refractivity contribution is 5.76. The number of benzene rings is 2. The van der Waals surface area contributed by atoms with Gasteiger partial charge in [-0.25, -0.2) is 4.39 Å². The molecule has 2 heterocycles. The summed E-state index contributed by atoms with van der Waals surface area (Å²) < 4.78 is 23.6. The molecule has 0 unspecified atom stereocenters. The van der Waals surface area contributed by atoms with Gasteiger partial charge in [-0.1, -0.05) is 18.2 Å². The number of fused-ring (bicyclic) bond motifs is 1. The Bertz CT molecular complexity index is 806. The molecule has 2 aliphatic rings. The number of carbonyl (C=O) groups is 1. The number of ether oxygens (including phenoxy) is 2. The van der Waals surface area contributed by atoms with Gasteiger partial charge < -0.3 is 20.1 Å². The lowest BCUT2D eigenvalue weighted by Gasteiger charge is -2.19. The summed E-state index contributed by atoms with van der Waals surface area (Å²) in [6, 6.07) is 12.2. The molecule has 0 spiro atoms. The summed E-state index contributed by atoms with van der Waals surface area (Å²) >= 11 is 0. The van der Waals surface area contributed by atoms with E-state index < -0.39 is 5.91 Å². The first-order valence-corrected chi connectivity index (χ1v) is 10.2. The Morgan fingerprint density at radius 2 is 1.76 bits per heavy atom. The highest BCUT2D eigenvalue weighted by Crippen LogP contribution is 2.31. The third-order valence-electron chi connectivity index (χ3n) is 5.01. The van der Waals surface area contributed by atoms with Crippen LogP contribution in [0, 0.1) is 5.82 Å². The Kier molecular flexibility index (Phi) is 7.87. The molecule has 5 nitrogen and oxygen atoms in total. The van der Waals surface area contributed by atoms with Gasteiger partial charge in [0, 0.05) is 0 Å². The van der Waals surface area contributed by atoms with E-state index in [2.05, 4.69) is 17.0 Å². The van der Waals surface area contributed by atoms with Crippen LogP contribution in [0.4, 0.5) is 4.39 Å². The number of likely N-dealkylation sites (tertiary alicyclic amines) is 1. The predicted octanol–water partition coefficient (Wildman–Crippen LogP) is 3.34. The van der Waals surface area contributed by atoms with Crippen LogP contribution < -0.4 is 15.2 Å². The molecule has 0 radical (unpaired) electrons. The molecular weight excluding hydrogens is 371 g/mol. The van der Waals surface area contributed by atoms with Crippen molar-refractivity contribution in [1.29, 1.82) is 0 Å². The second-order valence-corrected chi connectivity index (χ2v) is 7.40. The predicted molar refractivity (Wildman–Crippen MR) is 111 cm³/mol. The van der Waals surface area contributed by atoms with E-state index in [0.29, 0.717) is 18.8 Å². The fraction of sp³-hybridized carbons (Fsp3) is 0.435. The topological polar surface area (TPSA) is 64.8 Å². The Balaban J connectivity index is 0.000000188. The smallest absolute Gasteiger partial charge is 0.221 e. The van der Waals surface area contributed by atoms with Crippen LogP contribution in [0.5, 0.6) is 11.5 Å². The molecule has 2 aromatic rings. The van der Waals surface area contributed by atoms with Gasteiger partial charge in [0.05, 0.1) is 6.42 Å². The molecule has 156 valence electrons. The zero-order chi connectivity index (χ0) is 20.5. The first-order chi connectivity index (χ1) is 14.1. The van der Waals surface area contributed by atoms with Gasteiger partial charge >= 0.3 is 0 Å². The summed E-state index contributed by atoms with van der Waals surface area (Å²) in [6.45, 7) is 5.16. The van der Waals surface area contributed by atoms with Crippen LogP contribution in [0.3, 0.4) is 0 Å². The lowest BCUT2D eigenvalue weighted by atomic mass is 10.1. The maximum Gasteiger partial charge on any atom is 0.221 e. The third-order valence-corrected chi connectivity index (χ3v) is 5.01. The van der Waals surface area contributed by atoms with Crippen molar-refractivity contribution in [2.24, 2.45) is 5.73 Å². The van der Waals surface area contributed by atoms with Gasteiger partial charge in [-0.2, -0.15) is 0 Å². The van der Waals surface area contributed by atoms with Crippen LogP contribution in [0.25, 0.3) is 0 Å². The van der Waals surface area contributed by atoms with Crippen molar-refractivity contribution in [3.63, 3.8) is 0 Å². The molecule has 6 heteroatoms. The lowest BCUT2D eigenvalue weighted by Crippen LogP contribution is -2.20. The standard InChI is InChI=1S/C15H21NO2.C8H8FNO/c1-2-8-16(7-1)9-3-4-13-5-6-14-15(12-13)18-11-10-17-14;9-7-3-1-2-6(4-7)5-8(10)11/h5-6,12H,1-4,7-11H2;1-4H,5H2,(H2,10,11). The molecular formula is C23H29FN2O3. The number of aryl methyl sites for hydroxylation is 1. The van der Waals surface area contributed by atoms with E-state index in [1.165, 1.54) is 56.6 Å². The monoisotopic (exact) mass is 400 g/mol. The molecule has 0 saturated carbocycles. The Hall–Kier alpha value is -2.60. The Morgan fingerprint density at radius 3 is 2.48 bits per heavy atom. The average Bonchev–Trinajstić information content (AvgIpc) is 3.21. The van der Waals surface area contributed by atoms with Gasteiger partial charge in [0.15, 0.2) is 11.5 Å². The van der Waals surface area contributed by atoms with E-state index in [9.17, 15) is 9.18 Å². The summed E-state index contributed by atoms with van der Waals surface area (Å²) in [5, 5.41) is 0. The van der Waals surface area contributed by atoms with Crippen molar-refractivity contribution in [2.45, 2.75) is 32.1 Å². The van der Waals surface area contributed by atoms with Gasteiger partial charge in [-0.15, -0.1) is 0 Å². The molecule has 0 atom stereocenters. The van der Waals surface area contributed by atoms with Crippen molar-refractivity contribution in [3.05, 3.63) is 59.4 Å². The third kappa shape index (κ3) is 7.06. The molecule has 4 rings (SSSR count). The summed E-state index contributed by atoms with van der Waals surface area (Å²) in [7, 11) is 0. The summed E-state index contributed by atoms with van der Waals surface area (Å²) in [6.07, 6.45) is 5.22. The maximum atomic E-state index is 12.5. The summed E-state index contributed by atoms with van der Waals surface area (Å²) in [5.74, 6) is 1.02. The van der Waals surface area contributed by atoms with Crippen LogP contribution in [-0.2, 0) is 17.6 Å². The highest BCUT2D eigenvalue weighted by Gasteiger charge is 2.13. The Labute approximate surface area is 171 Å². The summed E-state index contributed by atoms with van der Waals surface area (Å²) in [4.78, 5) is 12.9. The molecule has 0 aromatic heterocycles. The van der Waals surface area contributed by atoms with Crippen molar-refractivity contribution in [1.82, 2.24) is 4.90 Å². The number of halogens is 1. The first-order valence-electron chi connectivity index (χ1n) is 10.2. The van der Waals surface area contributed by atoms with Gasteiger partial charge in [0.25, 0.3) is 0 Å². The van der Waals surface area contributed by atoms with Crippen molar-refractivity contribution in [2.75, 3.05) is 32.8 Å². The van der Waals surface area contributed by atoms with E-state index in [4.69, 9.17) is 15.2 Å². The van der Waals surface area contributed by atoms with E-state index in [1.807, 2.05) is 6.07 Å². The lowest BCUT2D eigenvalue weighted by molar-refractivity contribution is -0.117. The summed E-state index contributed by atoms with van der Waals surface area (Å²) in [5.41, 5.74) is 6.88. The number of hydrogen-bond donors (Lipinski definition) is 1. The molecule has 2 N–H and O–H groups in total. The quantitative estimate of drug-likeness (QED) is 0.808. The molecule has 1 amide bonds. The van der Waals surface area contributed by atoms with Crippen molar-refractivity contribution in [3.8, 4) is 11.5 Å². The maximum absolute atomic E-state index is 12.5. The van der Waals surface area contributed by atoms with Gasteiger partial charge in [0.1, 0.15) is 19.0 Å². The normalized spacial score (nSPS) is 15.5. The minimum absolute atomic E-state index is 0.0950.